The van der Waals surface area contributed by atoms with E-state index in [1.165, 1.54) is 25.3 Å². The number of carbonyl (C=O) groups is 5. The first-order valence-corrected chi connectivity index (χ1v) is 19.5. The Kier molecular flexibility index (Phi) is 9.97. The summed E-state index contributed by atoms with van der Waals surface area (Å²) in [4.78, 5) is 71.5. The third kappa shape index (κ3) is 6.01. The van der Waals surface area contributed by atoms with Gasteiger partial charge in [0.2, 0.25) is 17.5 Å². The lowest BCUT2D eigenvalue weighted by Crippen LogP contribution is -2.48. The molecule has 300 valence electrons. The molecule has 2 bridgehead atoms. The van der Waals surface area contributed by atoms with Gasteiger partial charge in [-0.2, -0.15) is 0 Å². The number of aliphatic hydroxyl groups is 2. The highest BCUT2D eigenvalue weighted by molar-refractivity contribution is 6.31. The lowest BCUT2D eigenvalue weighted by atomic mass is 9.70. The maximum Gasteiger partial charge on any atom is 0.312 e. The Morgan fingerprint density at radius 2 is 1.61 bits per heavy atom. The third-order valence-electron chi connectivity index (χ3n) is 12.8. The maximum atomic E-state index is 14.2. The highest BCUT2D eigenvalue weighted by Gasteiger charge is 2.58. The molecule has 2 aromatic carbocycles. The van der Waals surface area contributed by atoms with Crippen LogP contribution in [-0.2, 0) is 38.9 Å². The molecule has 15 nitrogen and oxygen atoms in total. The molecule has 0 spiro atoms. The van der Waals surface area contributed by atoms with Crippen molar-refractivity contribution < 1.29 is 68.1 Å². The third-order valence-corrected chi connectivity index (χ3v) is 12.8. The number of phenols is 2. The molecule has 10 atom stereocenters. The van der Waals surface area contributed by atoms with E-state index >= 15 is 0 Å². The van der Waals surface area contributed by atoms with Crippen LogP contribution in [0.1, 0.15) is 114 Å². The normalized spacial score (nSPS) is 33.4. The SMILES string of the molecule is COc1cccc2c1C(=O)c1c(O)c3c(c(O)c1C2=O)[C@@](O)(C(=O)COC(=O)C1C2CCC(O2)C1C(=O)N1CCCCC1)CC[C@@H]3O[C@H]1CC(C)[C@H](O)[C@H](C)O1. The van der Waals surface area contributed by atoms with E-state index in [4.69, 9.17) is 23.7 Å². The largest absolute Gasteiger partial charge is 0.507 e. The van der Waals surface area contributed by atoms with Crippen molar-refractivity contribution in [3.8, 4) is 17.2 Å². The number of fused-ring (bicyclic) bond motifs is 5. The molecule has 0 aromatic heterocycles. The molecule has 15 heteroatoms. The summed E-state index contributed by atoms with van der Waals surface area (Å²) in [6, 6.07) is 4.32. The van der Waals surface area contributed by atoms with Gasteiger partial charge in [0.1, 0.15) is 17.2 Å². The molecular formula is C41H47NO14. The summed E-state index contributed by atoms with van der Waals surface area (Å²) in [7, 11) is 1.32. The van der Waals surface area contributed by atoms with E-state index in [0.717, 1.165) is 19.3 Å². The minimum Gasteiger partial charge on any atom is -0.507 e. The molecule has 56 heavy (non-hydrogen) atoms. The Bertz CT molecular complexity index is 1980. The number of methoxy groups -OCH3 is 1. The van der Waals surface area contributed by atoms with Gasteiger partial charge in [0.05, 0.1) is 66.2 Å². The van der Waals surface area contributed by atoms with E-state index in [2.05, 4.69) is 0 Å². The first kappa shape index (κ1) is 38.5. The van der Waals surface area contributed by atoms with Crippen molar-refractivity contribution in [2.24, 2.45) is 17.8 Å². The van der Waals surface area contributed by atoms with Crippen LogP contribution < -0.4 is 4.74 Å². The van der Waals surface area contributed by atoms with Gasteiger partial charge in [-0.1, -0.05) is 19.1 Å². The quantitative estimate of drug-likeness (QED) is 0.191. The monoisotopic (exact) mass is 777 g/mol. The predicted molar refractivity (Wildman–Crippen MR) is 192 cm³/mol. The number of aliphatic hydroxyl groups excluding tert-OH is 1. The van der Waals surface area contributed by atoms with Gasteiger partial charge in [0, 0.05) is 36.2 Å². The lowest BCUT2D eigenvalue weighted by Gasteiger charge is -2.42. The van der Waals surface area contributed by atoms with E-state index in [-0.39, 0.29) is 47.1 Å². The second-order valence-corrected chi connectivity index (χ2v) is 16.0. The number of nitrogens with zero attached hydrogens (tertiary/aromatic N) is 1. The Balaban J connectivity index is 1.14. The number of hydrogen-bond donors (Lipinski definition) is 4. The molecule has 4 N–H and O–H groups in total. The van der Waals surface area contributed by atoms with E-state index in [1.807, 2.05) is 6.92 Å². The lowest BCUT2D eigenvalue weighted by molar-refractivity contribution is -0.252. The van der Waals surface area contributed by atoms with Crippen LogP contribution in [0, 0.1) is 17.8 Å². The molecule has 5 unspecified atom stereocenters. The van der Waals surface area contributed by atoms with Crippen LogP contribution in [0.4, 0.5) is 0 Å². The van der Waals surface area contributed by atoms with Crippen LogP contribution in [0.2, 0.25) is 0 Å². The van der Waals surface area contributed by atoms with Crippen LogP contribution in [0.15, 0.2) is 18.2 Å². The zero-order valence-electron chi connectivity index (χ0n) is 31.5. The van der Waals surface area contributed by atoms with Gasteiger partial charge in [-0.05, 0) is 63.9 Å². The Morgan fingerprint density at radius 1 is 0.911 bits per heavy atom. The molecule has 4 heterocycles. The Morgan fingerprint density at radius 3 is 2.30 bits per heavy atom. The van der Waals surface area contributed by atoms with Gasteiger partial charge in [-0.15, -0.1) is 0 Å². The fourth-order valence-corrected chi connectivity index (χ4v) is 9.85. The number of aromatic hydroxyl groups is 2. The van der Waals surface area contributed by atoms with Crippen LogP contribution in [0.25, 0.3) is 0 Å². The number of likely N-dealkylation sites (tertiary alicyclic amines) is 1. The van der Waals surface area contributed by atoms with Crippen LogP contribution in [0.3, 0.4) is 0 Å². The number of benzene rings is 2. The molecule has 2 aromatic rings. The summed E-state index contributed by atoms with van der Waals surface area (Å²) in [5.41, 5.74) is -4.93. The van der Waals surface area contributed by atoms with Gasteiger partial charge in [0.15, 0.2) is 24.3 Å². The number of Topliss-reactive ketones (excluding diaryl/α,β-unsaturated/α-hetero) is 1. The van der Waals surface area contributed by atoms with Gasteiger partial charge < -0.3 is 49.0 Å². The number of rotatable bonds is 8. The van der Waals surface area contributed by atoms with Crippen LogP contribution in [0.5, 0.6) is 17.2 Å². The average molecular weight is 778 g/mol. The van der Waals surface area contributed by atoms with Crippen molar-refractivity contribution in [2.75, 3.05) is 26.8 Å². The minimum absolute atomic E-state index is 0.0577. The van der Waals surface area contributed by atoms with Gasteiger partial charge in [-0.25, -0.2) is 0 Å². The molecular weight excluding hydrogens is 730 g/mol. The van der Waals surface area contributed by atoms with Gasteiger partial charge in [-0.3, -0.25) is 24.0 Å². The first-order valence-electron chi connectivity index (χ1n) is 19.5. The molecule has 0 saturated carbocycles. The molecule has 2 aliphatic carbocycles. The number of hydrogen-bond acceptors (Lipinski definition) is 14. The highest BCUT2D eigenvalue weighted by Crippen LogP contribution is 2.55. The number of ether oxygens (including phenoxy) is 5. The number of amides is 1. The predicted octanol–water partition coefficient (Wildman–Crippen LogP) is 2.97. The Hall–Kier alpha value is -4.41. The molecule has 4 aliphatic heterocycles. The van der Waals surface area contributed by atoms with Crippen molar-refractivity contribution >= 4 is 29.2 Å². The van der Waals surface area contributed by atoms with Gasteiger partial charge in [0.25, 0.3) is 0 Å². The van der Waals surface area contributed by atoms with Crippen LogP contribution in [-0.4, -0.2) is 112 Å². The number of piperidine rings is 1. The van der Waals surface area contributed by atoms with E-state index in [1.54, 1.807) is 11.8 Å². The maximum absolute atomic E-state index is 14.2. The minimum atomic E-state index is -2.64. The van der Waals surface area contributed by atoms with Gasteiger partial charge >= 0.3 is 5.97 Å². The van der Waals surface area contributed by atoms with Crippen molar-refractivity contribution in [1.29, 1.82) is 0 Å². The molecule has 1 amide bonds. The Labute approximate surface area is 322 Å². The highest BCUT2D eigenvalue weighted by atomic mass is 16.7. The molecule has 8 rings (SSSR count). The number of esters is 1. The van der Waals surface area contributed by atoms with Crippen LogP contribution >= 0.6 is 0 Å². The number of ketones is 3. The van der Waals surface area contributed by atoms with Crippen molar-refractivity contribution in [3.63, 3.8) is 0 Å². The fourth-order valence-electron chi connectivity index (χ4n) is 9.85. The molecule has 6 aliphatic rings. The van der Waals surface area contributed by atoms with E-state index in [9.17, 15) is 44.4 Å². The second kappa shape index (κ2) is 14.5. The molecule has 0 radical (unpaired) electrons. The van der Waals surface area contributed by atoms with E-state index in [0.29, 0.717) is 25.9 Å². The standard InChI is InChI=1S/C41H47NO14/c1-18-16-26(54-19(2)34(18)44)56-24-12-13-41(51,25(43)17-53-40(50)29-23-11-10-22(55-23)28(29)39(49)42-14-5-4-6-15-42)33-30(24)37(47)32-31(38(33)48)35(45)20-8-7-9-21(52-3)27(20)36(32)46/h7-9,18-19,22-24,26,28-29,34,44,47-48,51H,4-6,10-17H2,1-3H3/t18?,19-,22?,23?,24-,26-,28?,29?,34-,41-/m0/s1. The topological polar surface area (TPSA) is 216 Å². The smallest absolute Gasteiger partial charge is 0.312 e. The summed E-state index contributed by atoms with van der Waals surface area (Å²) < 4.78 is 29.2. The summed E-state index contributed by atoms with van der Waals surface area (Å²) >= 11 is 0. The zero-order chi connectivity index (χ0) is 39.8. The van der Waals surface area contributed by atoms with Crippen molar-refractivity contribution in [2.45, 2.75) is 108 Å². The molecule has 4 fully saturated rings. The number of phenolic OH excluding ortho intramolecular Hbond substituents is 2. The summed E-state index contributed by atoms with van der Waals surface area (Å²) in [5.74, 6) is -7.38. The van der Waals surface area contributed by atoms with Crippen molar-refractivity contribution in [3.05, 3.63) is 51.6 Å². The number of carbonyl (C=O) groups excluding carboxylic acids is 5. The van der Waals surface area contributed by atoms with Crippen molar-refractivity contribution in [1.82, 2.24) is 4.90 Å². The second-order valence-electron chi connectivity index (χ2n) is 16.0. The fraction of sp³-hybridized carbons (Fsp3) is 0.585. The zero-order valence-corrected chi connectivity index (χ0v) is 31.5. The summed E-state index contributed by atoms with van der Waals surface area (Å²) in [5, 5.41) is 46.8. The average Bonchev–Trinajstić information content (AvgIpc) is 3.82. The summed E-state index contributed by atoms with van der Waals surface area (Å²) in [6.45, 7) is 3.70. The molecule has 4 saturated heterocycles. The first-order chi connectivity index (χ1) is 26.8. The van der Waals surface area contributed by atoms with E-state index < -0.39 is 119 Å². The summed E-state index contributed by atoms with van der Waals surface area (Å²) in [6.07, 6.45) is -0.916.